The van der Waals surface area contributed by atoms with Gasteiger partial charge in [-0.15, -0.1) is 0 Å². The van der Waals surface area contributed by atoms with E-state index in [1.54, 1.807) is 33.5 Å². The van der Waals surface area contributed by atoms with Crippen LogP contribution in [-0.4, -0.2) is 98.2 Å². The second kappa shape index (κ2) is 8.97. The van der Waals surface area contributed by atoms with E-state index in [1.165, 1.54) is 0 Å². The molecule has 5 aliphatic carbocycles. The second-order valence-corrected chi connectivity index (χ2v) is 13.3. The third-order valence-electron chi connectivity index (χ3n) is 12.3. The van der Waals surface area contributed by atoms with Gasteiger partial charge in [0.1, 0.15) is 6.10 Å². The minimum atomic E-state index is -1.15. The summed E-state index contributed by atoms with van der Waals surface area (Å²) in [6.45, 7) is 4.51. The first kappa shape index (κ1) is 26.4. The number of rotatable bonds is 7. The molecule has 0 aromatic heterocycles. The fraction of sp³-hybridized carbons (Fsp3) is 0.774. The fourth-order valence-corrected chi connectivity index (χ4v) is 11.6. The molecule has 7 bridgehead atoms. The van der Waals surface area contributed by atoms with Crippen LogP contribution in [0.3, 0.4) is 0 Å². The molecule has 6 aliphatic rings. The van der Waals surface area contributed by atoms with Gasteiger partial charge >= 0.3 is 5.97 Å². The van der Waals surface area contributed by atoms with Gasteiger partial charge in [0.15, 0.2) is 0 Å². The highest BCUT2D eigenvalue weighted by Crippen LogP contribution is 2.79. The summed E-state index contributed by atoms with van der Waals surface area (Å²) in [7, 11) is 5.24. The van der Waals surface area contributed by atoms with E-state index >= 15 is 0 Å². The zero-order valence-electron chi connectivity index (χ0n) is 23.5. The van der Waals surface area contributed by atoms with Gasteiger partial charge < -0.3 is 29.2 Å². The smallest absolute Gasteiger partial charge is 0.338 e. The maximum absolute atomic E-state index is 13.4. The second-order valence-electron chi connectivity index (χ2n) is 13.3. The number of methoxy groups -OCH3 is 3. The van der Waals surface area contributed by atoms with Crippen LogP contribution in [0.25, 0.3) is 0 Å². The van der Waals surface area contributed by atoms with Crippen molar-refractivity contribution in [2.45, 2.75) is 68.7 Å². The van der Waals surface area contributed by atoms with E-state index in [-0.39, 0.29) is 59.2 Å². The first-order valence-corrected chi connectivity index (χ1v) is 14.8. The molecule has 8 heteroatoms. The molecular weight excluding hydrogens is 498 g/mol. The SMILES string of the molecule is CCN1C[C@]2(COC)CC[C@H](O)[C@@]34[C@@H]5C[C@H]6[C@H](OC(=O)c7ccccc7)[C@@H]5[C@](O)(C[C@@H]6OC)[C@@H]([C@H](OC)[C@H]23)[C@@H]14. The monoisotopic (exact) mass is 541 g/mol. The van der Waals surface area contributed by atoms with Gasteiger partial charge in [-0.1, -0.05) is 25.1 Å². The van der Waals surface area contributed by atoms with Gasteiger partial charge in [0.25, 0.3) is 0 Å². The van der Waals surface area contributed by atoms with Gasteiger partial charge in [0, 0.05) is 74.8 Å². The summed E-state index contributed by atoms with van der Waals surface area (Å²) in [6, 6.07) is 9.09. The van der Waals surface area contributed by atoms with E-state index in [1.807, 2.05) is 18.2 Å². The van der Waals surface area contributed by atoms with Crippen molar-refractivity contribution < 1.29 is 34.0 Å². The van der Waals surface area contributed by atoms with Crippen LogP contribution in [-0.2, 0) is 18.9 Å². The van der Waals surface area contributed by atoms with E-state index in [9.17, 15) is 15.0 Å². The molecule has 1 aromatic rings. The maximum Gasteiger partial charge on any atom is 0.338 e. The molecule has 214 valence electrons. The zero-order chi connectivity index (χ0) is 27.3. The Hall–Kier alpha value is -1.55. The number of piperidine rings is 1. The number of carbonyl (C=O) groups is 1. The van der Waals surface area contributed by atoms with E-state index in [0.717, 1.165) is 25.9 Å². The highest BCUT2D eigenvalue weighted by Gasteiger charge is 2.86. The quantitative estimate of drug-likeness (QED) is 0.508. The van der Waals surface area contributed by atoms with Crippen molar-refractivity contribution in [2.75, 3.05) is 41.0 Å². The van der Waals surface area contributed by atoms with Gasteiger partial charge in [-0.25, -0.2) is 4.79 Å². The molecule has 1 aliphatic heterocycles. The summed E-state index contributed by atoms with van der Waals surface area (Å²) in [4.78, 5) is 15.9. The third-order valence-corrected chi connectivity index (χ3v) is 12.3. The minimum absolute atomic E-state index is 0.0104. The molecule has 0 radical (unpaired) electrons. The van der Waals surface area contributed by atoms with Crippen LogP contribution in [0.4, 0.5) is 0 Å². The maximum atomic E-state index is 13.4. The predicted molar refractivity (Wildman–Crippen MR) is 142 cm³/mol. The lowest BCUT2D eigenvalue weighted by Crippen LogP contribution is -2.76. The lowest BCUT2D eigenvalue weighted by Gasteiger charge is -2.68. The summed E-state index contributed by atoms with van der Waals surface area (Å²) >= 11 is 0. The van der Waals surface area contributed by atoms with Crippen molar-refractivity contribution in [1.82, 2.24) is 4.90 Å². The Balaban J connectivity index is 1.41. The summed E-state index contributed by atoms with van der Waals surface area (Å²) in [6.07, 6.45) is 1.36. The molecule has 1 spiro atoms. The number of hydrogen-bond acceptors (Lipinski definition) is 8. The van der Waals surface area contributed by atoms with Crippen LogP contribution in [0.1, 0.15) is 43.0 Å². The normalized spacial score (nSPS) is 51.1. The largest absolute Gasteiger partial charge is 0.458 e. The molecule has 8 nitrogen and oxygen atoms in total. The Morgan fingerprint density at radius 1 is 1.10 bits per heavy atom. The molecule has 6 fully saturated rings. The highest BCUT2D eigenvalue weighted by molar-refractivity contribution is 5.89. The van der Waals surface area contributed by atoms with E-state index in [2.05, 4.69) is 11.8 Å². The van der Waals surface area contributed by atoms with Crippen molar-refractivity contribution in [2.24, 2.45) is 40.4 Å². The standard InChI is InChI=1S/C31H43NO7/c1-5-32-15-29(16-36-2)12-11-21(33)31-19-13-18-20(37-3)14-30(35,23(27(31)32)25(38-4)26(29)31)22(19)24(18)39-28(34)17-9-7-6-8-10-17/h6-10,18-27,33,35H,5,11-16H2,1-4H3/t18-,19-,20+,21+,22-,23+,24+,25+,26-,27-,29+,30-,31+/m1/s1. The van der Waals surface area contributed by atoms with Gasteiger partial charge in [-0.2, -0.15) is 0 Å². The molecule has 39 heavy (non-hydrogen) atoms. The predicted octanol–water partition coefficient (Wildman–Crippen LogP) is 2.37. The Morgan fingerprint density at radius 3 is 2.54 bits per heavy atom. The number of nitrogens with zero attached hydrogens (tertiary/aromatic N) is 1. The van der Waals surface area contributed by atoms with Crippen LogP contribution < -0.4 is 0 Å². The van der Waals surface area contributed by atoms with Crippen LogP contribution in [0, 0.1) is 40.4 Å². The lowest BCUT2D eigenvalue weighted by molar-refractivity contribution is -0.272. The zero-order valence-corrected chi connectivity index (χ0v) is 23.5. The number of esters is 1. The highest BCUT2D eigenvalue weighted by atomic mass is 16.6. The van der Waals surface area contributed by atoms with Crippen molar-refractivity contribution in [1.29, 1.82) is 0 Å². The van der Waals surface area contributed by atoms with E-state index in [0.29, 0.717) is 25.0 Å². The van der Waals surface area contributed by atoms with Gasteiger partial charge in [0.05, 0.1) is 36.1 Å². The molecule has 0 amide bonds. The first-order valence-electron chi connectivity index (χ1n) is 14.8. The lowest BCUT2D eigenvalue weighted by atomic mass is 9.43. The summed E-state index contributed by atoms with van der Waals surface area (Å²) < 4.78 is 24.8. The van der Waals surface area contributed by atoms with Crippen LogP contribution >= 0.6 is 0 Å². The Bertz CT molecular complexity index is 1120. The van der Waals surface area contributed by atoms with Gasteiger partial charge in [-0.3, -0.25) is 4.90 Å². The molecule has 0 unspecified atom stereocenters. The minimum Gasteiger partial charge on any atom is -0.458 e. The number of fused-ring (bicyclic) bond motifs is 2. The average molecular weight is 542 g/mol. The van der Waals surface area contributed by atoms with E-state index in [4.69, 9.17) is 18.9 Å². The Kier molecular flexibility index (Phi) is 6.06. The number of likely N-dealkylation sites (tertiary alicyclic amines) is 1. The molecule has 7 rings (SSSR count). The molecule has 13 atom stereocenters. The average Bonchev–Trinajstić information content (AvgIpc) is 3.38. The Morgan fingerprint density at radius 2 is 1.87 bits per heavy atom. The first-order chi connectivity index (χ1) is 18.8. The van der Waals surface area contributed by atoms with Crippen LogP contribution in [0.15, 0.2) is 30.3 Å². The van der Waals surface area contributed by atoms with Crippen molar-refractivity contribution in [3.63, 3.8) is 0 Å². The van der Waals surface area contributed by atoms with Gasteiger partial charge in [-0.05, 0) is 43.9 Å². The van der Waals surface area contributed by atoms with Gasteiger partial charge in [0.2, 0.25) is 0 Å². The van der Waals surface area contributed by atoms with Crippen molar-refractivity contribution in [3.8, 4) is 0 Å². The topological polar surface area (TPSA) is 97.7 Å². The molecule has 5 saturated carbocycles. The molecule has 1 saturated heterocycles. The van der Waals surface area contributed by atoms with Crippen molar-refractivity contribution >= 4 is 5.97 Å². The Labute approximate surface area is 230 Å². The fourth-order valence-electron chi connectivity index (χ4n) is 11.6. The summed E-state index contributed by atoms with van der Waals surface area (Å²) in [5, 5.41) is 25.2. The van der Waals surface area contributed by atoms with Crippen molar-refractivity contribution in [3.05, 3.63) is 35.9 Å². The number of ether oxygens (including phenoxy) is 4. The molecule has 1 heterocycles. The van der Waals surface area contributed by atoms with Crippen LogP contribution in [0.5, 0.6) is 0 Å². The number of aliphatic hydroxyl groups excluding tert-OH is 1. The summed E-state index contributed by atoms with van der Waals surface area (Å²) in [5.41, 5.74) is -1.28. The number of benzene rings is 1. The molecule has 2 N–H and O–H groups in total. The number of aliphatic hydroxyl groups is 2. The number of carbonyl (C=O) groups excluding carboxylic acids is 1. The summed E-state index contributed by atoms with van der Waals surface area (Å²) in [5.74, 6) is -0.869. The molecular formula is C31H43NO7. The third kappa shape index (κ3) is 3.08. The van der Waals surface area contributed by atoms with E-state index < -0.39 is 23.2 Å². The number of hydrogen-bond donors (Lipinski definition) is 2. The molecule has 1 aromatic carbocycles. The van der Waals surface area contributed by atoms with Crippen LogP contribution in [0.2, 0.25) is 0 Å².